The van der Waals surface area contributed by atoms with E-state index in [0.717, 1.165) is 24.0 Å². The van der Waals surface area contributed by atoms with Gasteiger partial charge in [-0.1, -0.05) is 44.2 Å². The molecule has 0 amide bonds. The number of carbonyl (C=O) groups is 1. The normalized spacial score (nSPS) is 13.9. The van der Waals surface area contributed by atoms with Gasteiger partial charge in [-0.15, -0.1) is 0 Å². The van der Waals surface area contributed by atoms with Crippen molar-refractivity contribution in [2.45, 2.75) is 55.2 Å². The summed E-state index contributed by atoms with van der Waals surface area (Å²) < 4.78 is 62.1. The van der Waals surface area contributed by atoms with E-state index in [1.165, 1.54) is 37.5 Å². The van der Waals surface area contributed by atoms with Crippen LogP contribution in [-0.4, -0.2) is 36.9 Å². The molecule has 3 aromatic carbocycles. The summed E-state index contributed by atoms with van der Waals surface area (Å²) in [5.74, 6) is 0.124. The standard InChI is InChI=1S/C30H34O8S2/c1-5-23(19-21(3)24-9-13-26(14-10-24)39(32)33)25-11-15-27(16-12-25)40(34,35)38-28-17-7-22(20-29(28)36-4)8-18-30(31)37-6-2/h7-18,20-21,23H,5-6,19H2,1-4H3,(H,32,33)/b18-8+. The third kappa shape index (κ3) is 8.27. The molecular formula is C30H34O8S2. The summed E-state index contributed by atoms with van der Waals surface area (Å²) in [6, 6.07) is 18.4. The third-order valence-corrected chi connectivity index (χ3v) is 8.43. The van der Waals surface area contributed by atoms with Crippen LogP contribution in [0, 0.1) is 0 Å². The topological polar surface area (TPSA) is 116 Å². The molecule has 0 aliphatic heterocycles. The van der Waals surface area contributed by atoms with Crippen LogP contribution < -0.4 is 8.92 Å². The van der Waals surface area contributed by atoms with E-state index in [1.807, 2.05) is 12.1 Å². The maximum atomic E-state index is 13.0. The molecule has 1 N–H and O–H groups in total. The fourth-order valence-corrected chi connectivity index (χ4v) is 5.61. The van der Waals surface area contributed by atoms with Gasteiger partial charge in [-0.3, -0.25) is 0 Å². The maximum Gasteiger partial charge on any atom is 0.339 e. The first-order valence-electron chi connectivity index (χ1n) is 12.9. The van der Waals surface area contributed by atoms with Crippen LogP contribution in [0.4, 0.5) is 0 Å². The van der Waals surface area contributed by atoms with Gasteiger partial charge >= 0.3 is 16.1 Å². The monoisotopic (exact) mass is 586 g/mol. The fraction of sp³-hybridized carbons (Fsp3) is 0.300. The lowest BCUT2D eigenvalue weighted by atomic mass is 9.85. The van der Waals surface area contributed by atoms with E-state index >= 15 is 0 Å². The Morgan fingerprint density at radius 2 is 1.62 bits per heavy atom. The van der Waals surface area contributed by atoms with Crippen molar-refractivity contribution in [3.63, 3.8) is 0 Å². The lowest BCUT2D eigenvalue weighted by Crippen LogP contribution is -2.11. The molecule has 214 valence electrons. The van der Waals surface area contributed by atoms with Gasteiger partial charge < -0.3 is 18.2 Å². The Bertz CT molecular complexity index is 1450. The van der Waals surface area contributed by atoms with Crippen molar-refractivity contribution < 1.29 is 35.6 Å². The highest BCUT2D eigenvalue weighted by atomic mass is 32.2. The van der Waals surface area contributed by atoms with E-state index < -0.39 is 27.2 Å². The van der Waals surface area contributed by atoms with Crippen LogP contribution in [0.25, 0.3) is 6.08 Å². The minimum atomic E-state index is -4.14. The Kier molecular flexibility index (Phi) is 11.1. The molecule has 0 spiro atoms. The summed E-state index contributed by atoms with van der Waals surface area (Å²) in [5.41, 5.74) is 2.69. The molecule has 0 aliphatic carbocycles. The minimum absolute atomic E-state index is 0.0140. The fourth-order valence-electron chi connectivity index (χ4n) is 4.30. The molecule has 0 aromatic heterocycles. The van der Waals surface area contributed by atoms with Crippen molar-refractivity contribution in [1.82, 2.24) is 0 Å². The molecule has 3 unspecified atom stereocenters. The second kappa shape index (κ2) is 14.2. The van der Waals surface area contributed by atoms with Crippen molar-refractivity contribution in [2.75, 3.05) is 13.7 Å². The molecule has 0 saturated heterocycles. The quantitative estimate of drug-likeness (QED) is 0.107. The molecule has 3 rings (SSSR count). The van der Waals surface area contributed by atoms with Crippen molar-refractivity contribution in [3.05, 3.63) is 89.5 Å². The number of methoxy groups -OCH3 is 1. The molecule has 0 radical (unpaired) electrons. The van der Waals surface area contributed by atoms with Gasteiger partial charge in [-0.05, 0) is 90.8 Å². The number of hydrogen-bond acceptors (Lipinski definition) is 7. The van der Waals surface area contributed by atoms with Gasteiger partial charge in [-0.2, -0.15) is 8.42 Å². The van der Waals surface area contributed by atoms with Crippen LogP contribution in [0.2, 0.25) is 0 Å². The van der Waals surface area contributed by atoms with Gasteiger partial charge in [0.1, 0.15) is 4.90 Å². The van der Waals surface area contributed by atoms with E-state index in [9.17, 15) is 22.0 Å². The molecule has 40 heavy (non-hydrogen) atoms. The Labute approximate surface area is 238 Å². The van der Waals surface area contributed by atoms with Crippen molar-refractivity contribution in [3.8, 4) is 11.5 Å². The van der Waals surface area contributed by atoms with Crippen LogP contribution in [-0.2, 0) is 30.7 Å². The zero-order valence-corrected chi connectivity index (χ0v) is 24.5. The lowest BCUT2D eigenvalue weighted by Gasteiger charge is -2.21. The largest absolute Gasteiger partial charge is 0.493 e. The van der Waals surface area contributed by atoms with E-state index in [4.69, 9.17) is 13.7 Å². The van der Waals surface area contributed by atoms with Crippen LogP contribution in [0.3, 0.4) is 0 Å². The van der Waals surface area contributed by atoms with Crippen molar-refractivity contribution in [1.29, 1.82) is 0 Å². The highest BCUT2D eigenvalue weighted by Crippen LogP contribution is 2.34. The van der Waals surface area contributed by atoms with Gasteiger partial charge in [-0.25, -0.2) is 9.00 Å². The maximum absolute atomic E-state index is 13.0. The molecule has 10 heteroatoms. The Morgan fingerprint density at radius 3 is 2.20 bits per heavy atom. The van der Waals surface area contributed by atoms with E-state index in [1.54, 1.807) is 43.3 Å². The Balaban J connectivity index is 1.72. The van der Waals surface area contributed by atoms with Crippen molar-refractivity contribution >= 4 is 33.2 Å². The van der Waals surface area contributed by atoms with Gasteiger partial charge in [0.15, 0.2) is 22.6 Å². The Morgan fingerprint density at radius 1 is 0.975 bits per heavy atom. The van der Waals surface area contributed by atoms with Gasteiger partial charge in [0, 0.05) is 6.08 Å². The summed E-state index contributed by atoms with van der Waals surface area (Å²) in [6.45, 7) is 6.17. The number of carbonyl (C=O) groups excluding carboxylic acids is 1. The number of rotatable bonds is 13. The van der Waals surface area contributed by atoms with E-state index in [0.29, 0.717) is 10.5 Å². The second-order valence-corrected chi connectivity index (χ2v) is 11.7. The summed E-state index contributed by atoms with van der Waals surface area (Å²) >= 11 is -2.01. The molecule has 0 bridgehead atoms. The highest BCUT2D eigenvalue weighted by molar-refractivity contribution is 7.87. The smallest absolute Gasteiger partial charge is 0.339 e. The van der Waals surface area contributed by atoms with Gasteiger partial charge in [0.2, 0.25) is 0 Å². The number of hydrogen-bond donors (Lipinski definition) is 1. The number of benzene rings is 3. The zero-order chi connectivity index (χ0) is 29.3. The first-order chi connectivity index (χ1) is 19.1. The zero-order valence-electron chi connectivity index (χ0n) is 22.9. The summed E-state index contributed by atoms with van der Waals surface area (Å²) in [5, 5.41) is 0. The van der Waals surface area contributed by atoms with Gasteiger partial charge in [0.05, 0.1) is 18.6 Å². The minimum Gasteiger partial charge on any atom is -0.493 e. The molecular weight excluding hydrogens is 552 g/mol. The molecule has 0 fully saturated rings. The average molecular weight is 587 g/mol. The van der Waals surface area contributed by atoms with E-state index in [-0.39, 0.29) is 34.8 Å². The van der Waals surface area contributed by atoms with Gasteiger partial charge in [0.25, 0.3) is 0 Å². The summed E-state index contributed by atoms with van der Waals surface area (Å²) in [7, 11) is -2.74. The van der Waals surface area contributed by atoms with Crippen molar-refractivity contribution in [2.24, 2.45) is 0 Å². The predicted molar refractivity (Wildman–Crippen MR) is 154 cm³/mol. The molecule has 3 aromatic rings. The summed E-state index contributed by atoms with van der Waals surface area (Å²) in [4.78, 5) is 11.9. The third-order valence-electron chi connectivity index (χ3n) is 6.51. The molecule has 3 atom stereocenters. The Hall–Kier alpha value is -3.47. The van der Waals surface area contributed by atoms with E-state index in [2.05, 4.69) is 13.8 Å². The lowest BCUT2D eigenvalue weighted by molar-refractivity contribution is -0.137. The van der Waals surface area contributed by atoms with Crippen LogP contribution in [0.1, 0.15) is 62.1 Å². The first-order valence-corrected chi connectivity index (χ1v) is 15.4. The molecule has 0 aliphatic rings. The molecule has 0 saturated carbocycles. The predicted octanol–water partition coefficient (Wildman–Crippen LogP) is 6.31. The second-order valence-electron chi connectivity index (χ2n) is 9.16. The van der Waals surface area contributed by atoms with Crippen LogP contribution in [0.5, 0.6) is 11.5 Å². The highest BCUT2D eigenvalue weighted by Gasteiger charge is 2.21. The number of ether oxygens (including phenoxy) is 2. The summed E-state index contributed by atoms with van der Waals surface area (Å²) in [6.07, 6.45) is 4.50. The average Bonchev–Trinajstić information content (AvgIpc) is 2.95. The number of esters is 1. The SMILES string of the molecule is CCOC(=O)/C=C/c1ccc(OS(=O)(=O)c2ccc(C(CC)CC(C)c3ccc(S(=O)O)cc3)cc2)c(OC)c1. The van der Waals surface area contributed by atoms with Crippen LogP contribution in [0.15, 0.2) is 82.6 Å². The van der Waals surface area contributed by atoms with Crippen LogP contribution >= 0.6 is 0 Å². The first kappa shape index (κ1) is 31.1. The molecule has 0 heterocycles. The molecule has 8 nitrogen and oxygen atoms in total.